The Hall–Kier alpha value is -1.35. The number of piperidine rings is 1. The molecule has 1 aliphatic heterocycles. The Morgan fingerprint density at radius 3 is 2.35 bits per heavy atom. The highest BCUT2D eigenvalue weighted by molar-refractivity contribution is 5.80. The molecule has 108 valence electrons. The number of amides is 1. The van der Waals surface area contributed by atoms with Crippen LogP contribution in [0.4, 0.5) is 0 Å². The maximum atomic E-state index is 12.5. The fourth-order valence-electron chi connectivity index (χ4n) is 3.69. The number of carbonyl (C=O) groups excluding carboxylic acids is 1. The lowest BCUT2D eigenvalue weighted by atomic mass is 9.89. The zero-order valence-electron chi connectivity index (χ0n) is 12.0. The molecule has 0 spiro atoms. The van der Waals surface area contributed by atoms with Crippen molar-refractivity contribution in [3.8, 4) is 0 Å². The first-order valence-corrected chi connectivity index (χ1v) is 7.85. The fourth-order valence-corrected chi connectivity index (χ4v) is 3.69. The largest absolute Gasteiger partial charge is 0.342 e. The van der Waals surface area contributed by atoms with E-state index >= 15 is 0 Å². The Bertz CT molecular complexity index is 451. The third-order valence-electron chi connectivity index (χ3n) is 4.96. The van der Waals surface area contributed by atoms with Gasteiger partial charge in [-0.1, -0.05) is 36.8 Å². The second-order valence-corrected chi connectivity index (χ2v) is 6.21. The monoisotopic (exact) mass is 272 g/mol. The maximum absolute atomic E-state index is 12.5. The van der Waals surface area contributed by atoms with Crippen LogP contribution in [-0.4, -0.2) is 29.9 Å². The standard InChI is InChI=1S/C17H24N2O/c18-16-8-4-7-15(16)17(20)19-11-9-14(10-12-19)13-5-2-1-3-6-13/h1-3,5-6,14-16H,4,7-12,18H2. The zero-order valence-corrected chi connectivity index (χ0v) is 12.0. The van der Waals surface area contributed by atoms with Gasteiger partial charge in [-0.25, -0.2) is 0 Å². The van der Waals surface area contributed by atoms with Crippen molar-refractivity contribution in [1.82, 2.24) is 4.90 Å². The van der Waals surface area contributed by atoms with E-state index in [4.69, 9.17) is 5.73 Å². The number of hydrogen-bond donors (Lipinski definition) is 1. The molecule has 1 saturated carbocycles. The summed E-state index contributed by atoms with van der Waals surface area (Å²) in [6.07, 6.45) is 5.27. The predicted octanol–water partition coefficient (Wildman–Crippen LogP) is 2.52. The molecule has 1 aromatic rings. The SMILES string of the molecule is NC1CCCC1C(=O)N1CCC(c2ccccc2)CC1. The van der Waals surface area contributed by atoms with Crippen LogP contribution in [0.3, 0.4) is 0 Å². The summed E-state index contributed by atoms with van der Waals surface area (Å²) < 4.78 is 0. The van der Waals surface area contributed by atoms with Crippen molar-refractivity contribution in [3.63, 3.8) is 0 Å². The Kier molecular flexibility index (Phi) is 4.06. The van der Waals surface area contributed by atoms with E-state index in [2.05, 4.69) is 35.2 Å². The lowest BCUT2D eigenvalue weighted by molar-refractivity contribution is -0.136. The molecular formula is C17H24N2O. The summed E-state index contributed by atoms with van der Waals surface area (Å²) in [7, 11) is 0. The van der Waals surface area contributed by atoms with Gasteiger partial charge in [-0.2, -0.15) is 0 Å². The second-order valence-electron chi connectivity index (χ2n) is 6.21. The first-order chi connectivity index (χ1) is 9.75. The average Bonchev–Trinajstić information content (AvgIpc) is 2.94. The molecule has 1 amide bonds. The molecule has 0 aromatic heterocycles. The van der Waals surface area contributed by atoms with E-state index < -0.39 is 0 Å². The Balaban J connectivity index is 1.57. The summed E-state index contributed by atoms with van der Waals surface area (Å²) >= 11 is 0. The van der Waals surface area contributed by atoms with Gasteiger partial charge in [0, 0.05) is 19.1 Å². The van der Waals surface area contributed by atoms with Crippen molar-refractivity contribution in [3.05, 3.63) is 35.9 Å². The lowest BCUT2D eigenvalue weighted by Crippen LogP contribution is -2.45. The van der Waals surface area contributed by atoms with Crippen LogP contribution in [-0.2, 0) is 4.79 Å². The number of carbonyl (C=O) groups is 1. The molecule has 1 heterocycles. The lowest BCUT2D eigenvalue weighted by Gasteiger charge is -2.34. The quantitative estimate of drug-likeness (QED) is 0.899. The minimum Gasteiger partial charge on any atom is -0.342 e. The molecule has 2 unspecified atom stereocenters. The molecule has 1 saturated heterocycles. The minimum absolute atomic E-state index is 0.0864. The van der Waals surface area contributed by atoms with Crippen molar-refractivity contribution in [1.29, 1.82) is 0 Å². The number of hydrogen-bond acceptors (Lipinski definition) is 2. The summed E-state index contributed by atoms with van der Waals surface area (Å²) in [5.74, 6) is 1.00. The number of rotatable bonds is 2. The molecular weight excluding hydrogens is 248 g/mol. The molecule has 3 nitrogen and oxygen atoms in total. The predicted molar refractivity (Wildman–Crippen MR) is 80.3 cm³/mol. The van der Waals surface area contributed by atoms with E-state index in [1.165, 1.54) is 5.56 Å². The first kappa shape index (κ1) is 13.6. The molecule has 3 rings (SSSR count). The molecule has 0 radical (unpaired) electrons. The van der Waals surface area contributed by atoms with Crippen molar-refractivity contribution in [2.45, 2.75) is 44.1 Å². The molecule has 2 aliphatic rings. The molecule has 2 N–H and O–H groups in total. The van der Waals surface area contributed by atoms with E-state index in [0.717, 1.165) is 45.2 Å². The van der Waals surface area contributed by atoms with E-state index in [9.17, 15) is 4.79 Å². The van der Waals surface area contributed by atoms with Gasteiger partial charge in [-0.05, 0) is 37.2 Å². The van der Waals surface area contributed by atoms with Crippen LogP contribution in [0.25, 0.3) is 0 Å². The van der Waals surface area contributed by atoms with Crippen molar-refractivity contribution in [2.24, 2.45) is 11.7 Å². The Morgan fingerprint density at radius 2 is 1.75 bits per heavy atom. The topological polar surface area (TPSA) is 46.3 Å². The number of likely N-dealkylation sites (tertiary alicyclic amines) is 1. The van der Waals surface area contributed by atoms with Crippen molar-refractivity contribution < 1.29 is 4.79 Å². The van der Waals surface area contributed by atoms with Gasteiger partial charge >= 0.3 is 0 Å². The third kappa shape index (κ3) is 2.73. The Labute approximate surface area is 121 Å². The van der Waals surface area contributed by atoms with Crippen LogP contribution in [0.1, 0.15) is 43.6 Å². The minimum atomic E-state index is 0.0864. The molecule has 1 aromatic carbocycles. The van der Waals surface area contributed by atoms with Gasteiger partial charge in [0.1, 0.15) is 0 Å². The highest BCUT2D eigenvalue weighted by Crippen LogP contribution is 2.31. The van der Waals surface area contributed by atoms with Gasteiger partial charge < -0.3 is 10.6 Å². The summed E-state index contributed by atoms with van der Waals surface area (Å²) in [4.78, 5) is 14.6. The highest BCUT2D eigenvalue weighted by atomic mass is 16.2. The Morgan fingerprint density at radius 1 is 1.05 bits per heavy atom. The zero-order chi connectivity index (χ0) is 13.9. The van der Waals surface area contributed by atoms with Crippen LogP contribution >= 0.6 is 0 Å². The number of benzene rings is 1. The van der Waals surface area contributed by atoms with Gasteiger partial charge in [-0.15, -0.1) is 0 Å². The van der Waals surface area contributed by atoms with E-state index in [1.54, 1.807) is 0 Å². The van der Waals surface area contributed by atoms with Gasteiger partial charge in [0.2, 0.25) is 5.91 Å². The van der Waals surface area contributed by atoms with Crippen LogP contribution in [0.2, 0.25) is 0 Å². The van der Waals surface area contributed by atoms with Crippen LogP contribution in [0.15, 0.2) is 30.3 Å². The molecule has 2 fully saturated rings. The van der Waals surface area contributed by atoms with Crippen LogP contribution < -0.4 is 5.73 Å². The molecule has 20 heavy (non-hydrogen) atoms. The van der Waals surface area contributed by atoms with Crippen LogP contribution in [0.5, 0.6) is 0 Å². The van der Waals surface area contributed by atoms with Gasteiger partial charge in [0.15, 0.2) is 0 Å². The van der Waals surface area contributed by atoms with E-state index in [0.29, 0.717) is 11.8 Å². The van der Waals surface area contributed by atoms with Gasteiger partial charge in [-0.3, -0.25) is 4.79 Å². The highest BCUT2D eigenvalue weighted by Gasteiger charge is 2.34. The van der Waals surface area contributed by atoms with Crippen molar-refractivity contribution >= 4 is 5.91 Å². The third-order valence-corrected chi connectivity index (χ3v) is 4.96. The normalized spacial score (nSPS) is 27.8. The van der Waals surface area contributed by atoms with Crippen LogP contribution in [0, 0.1) is 5.92 Å². The molecule has 3 heteroatoms. The van der Waals surface area contributed by atoms with Gasteiger partial charge in [0.05, 0.1) is 5.92 Å². The molecule has 2 atom stereocenters. The van der Waals surface area contributed by atoms with E-state index in [-0.39, 0.29) is 12.0 Å². The molecule has 0 bridgehead atoms. The number of nitrogens with zero attached hydrogens (tertiary/aromatic N) is 1. The summed E-state index contributed by atoms with van der Waals surface area (Å²) in [6.45, 7) is 1.78. The smallest absolute Gasteiger partial charge is 0.227 e. The van der Waals surface area contributed by atoms with E-state index in [1.807, 2.05) is 0 Å². The maximum Gasteiger partial charge on any atom is 0.227 e. The second kappa shape index (κ2) is 5.96. The first-order valence-electron chi connectivity index (χ1n) is 7.85. The van der Waals surface area contributed by atoms with Gasteiger partial charge in [0.25, 0.3) is 0 Å². The number of nitrogens with two attached hydrogens (primary N) is 1. The summed E-state index contributed by atoms with van der Waals surface area (Å²) in [5.41, 5.74) is 7.47. The summed E-state index contributed by atoms with van der Waals surface area (Å²) in [5, 5.41) is 0. The van der Waals surface area contributed by atoms with Crippen molar-refractivity contribution in [2.75, 3.05) is 13.1 Å². The molecule has 1 aliphatic carbocycles. The fraction of sp³-hybridized carbons (Fsp3) is 0.588. The average molecular weight is 272 g/mol. The summed E-state index contributed by atoms with van der Waals surface area (Å²) in [6, 6.07) is 10.8.